The number of aryl methyl sites for hydroxylation is 1. The summed E-state index contributed by atoms with van der Waals surface area (Å²) in [6.07, 6.45) is 7.41. The Balaban J connectivity index is 1.61. The third-order valence-corrected chi connectivity index (χ3v) is 4.06. The van der Waals surface area contributed by atoms with Gasteiger partial charge >= 0.3 is 0 Å². The van der Waals surface area contributed by atoms with E-state index in [0.29, 0.717) is 12.5 Å². The van der Waals surface area contributed by atoms with Crippen molar-refractivity contribution in [3.63, 3.8) is 0 Å². The van der Waals surface area contributed by atoms with Gasteiger partial charge in [0.1, 0.15) is 5.75 Å². The second kappa shape index (κ2) is 5.64. The lowest BCUT2D eigenvalue weighted by Crippen LogP contribution is -2.33. The van der Waals surface area contributed by atoms with Crippen molar-refractivity contribution >= 4 is 5.91 Å². The summed E-state index contributed by atoms with van der Waals surface area (Å²) in [4.78, 5) is 12.0. The van der Waals surface area contributed by atoms with E-state index < -0.39 is 0 Å². The van der Waals surface area contributed by atoms with Gasteiger partial charge in [0.2, 0.25) is 5.91 Å². The number of hydrogen-bond donors (Lipinski definition) is 1. The predicted molar refractivity (Wildman–Crippen MR) is 74.4 cm³/mol. The maximum atomic E-state index is 12.0. The first-order valence-electron chi connectivity index (χ1n) is 7.35. The number of carbonyl (C=O) groups is 1. The van der Waals surface area contributed by atoms with Gasteiger partial charge in [-0.25, -0.2) is 0 Å². The van der Waals surface area contributed by atoms with E-state index in [9.17, 15) is 4.79 Å². The number of hydrogen-bond acceptors (Lipinski definition) is 2. The summed E-state index contributed by atoms with van der Waals surface area (Å²) in [5.41, 5.74) is 2.34. The molecule has 1 fully saturated rings. The average Bonchev–Trinajstić information content (AvgIpc) is 2.91. The summed E-state index contributed by atoms with van der Waals surface area (Å²) in [5.74, 6) is 1.15. The van der Waals surface area contributed by atoms with Crippen LogP contribution in [0.25, 0.3) is 0 Å². The van der Waals surface area contributed by atoms with Gasteiger partial charge in [0, 0.05) is 6.04 Å². The van der Waals surface area contributed by atoms with Crippen molar-refractivity contribution in [1.82, 2.24) is 5.32 Å². The number of amides is 1. The van der Waals surface area contributed by atoms with Crippen molar-refractivity contribution in [1.29, 1.82) is 0 Å². The highest BCUT2D eigenvalue weighted by Crippen LogP contribution is 2.25. The number of rotatable bonds is 3. The van der Waals surface area contributed by atoms with Crippen molar-refractivity contribution in [2.24, 2.45) is 0 Å². The number of carbonyl (C=O) groups excluding carboxylic acids is 1. The molecule has 3 rings (SSSR count). The van der Waals surface area contributed by atoms with Crippen molar-refractivity contribution in [3.05, 3.63) is 29.3 Å². The minimum atomic E-state index is 0.156. The molecule has 2 aliphatic rings. The first kappa shape index (κ1) is 12.5. The summed E-state index contributed by atoms with van der Waals surface area (Å²) in [5, 5.41) is 3.14. The van der Waals surface area contributed by atoms with Crippen LogP contribution in [0.3, 0.4) is 0 Å². The van der Waals surface area contributed by atoms with Crippen LogP contribution in [-0.4, -0.2) is 18.6 Å². The van der Waals surface area contributed by atoms with Crippen LogP contribution in [0.1, 0.15) is 43.2 Å². The fraction of sp³-hybridized carbons (Fsp3) is 0.562. The number of nitrogens with one attached hydrogen (secondary N) is 1. The molecular weight excluding hydrogens is 238 g/mol. The minimum absolute atomic E-state index is 0.156. The van der Waals surface area contributed by atoms with Crippen molar-refractivity contribution < 1.29 is 9.53 Å². The molecule has 1 aromatic carbocycles. The van der Waals surface area contributed by atoms with Crippen LogP contribution < -0.4 is 10.1 Å². The Morgan fingerprint density at radius 1 is 1.26 bits per heavy atom. The minimum Gasteiger partial charge on any atom is -0.493 e. The van der Waals surface area contributed by atoms with Gasteiger partial charge in [-0.2, -0.15) is 0 Å². The van der Waals surface area contributed by atoms with Gasteiger partial charge in [-0.05, 0) is 42.9 Å². The molecule has 1 N–H and O–H groups in total. The molecule has 0 aromatic heterocycles. The molecule has 0 radical (unpaired) electrons. The molecular formula is C16H21NO2. The van der Waals surface area contributed by atoms with Crippen LogP contribution in [0.4, 0.5) is 0 Å². The Bertz CT molecular complexity index is 464. The highest BCUT2D eigenvalue weighted by Gasteiger charge is 2.17. The van der Waals surface area contributed by atoms with E-state index >= 15 is 0 Å². The first-order valence-corrected chi connectivity index (χ1v) is 7.35. The van der Waals surface area contributed by atoms with Gasteiger partial charge in [-0.1, -0.05) is 25.0 Å². The average molecular weight is 259 g/mol. The standard InChI is InChI=1S/C16H21NO2/c18-16(17-14-5-1-2-6-14)11-12-7-8-15-13(10-12)4-3-9-19-15/h7-8,10,14H,1-6,9,11H2,(H,17,18). The van der Waals surface area contributed by atoms with E-state index in [4.69, 9.17) is 4.74 Å². The predicted octanol–water partition coefficient (Wildman–Crippen LogP) is 2.61. The van der Waals surface area contributed by atoms with Crippen LogP contribution in [0.5, 0.6) is 5.75 Å². The van der Waals surface area contributed by atoms with Gasteiger partial charge in [-0.15, -0.1) is 0 Å². The van der Waals surface area contributed by atoms with Crippen molar-refractivity contribution in [2.75, 3.05) is 6.61 Å². The SMILES string of the molecule is O=C(Cc1ccc2c(c1)CCCO2)NC1CCCC1. The van der Waals surface area contributed by atoms with Gasteiger partial charge in [-0.3, -0.25) is 4.79 Å². The Labute approximate surface area is 114 Å². The first-order chi connectivity index (χ1) is 9.31. The molecule has 0 atom stereocenters. The Hall–Kier alpha value is -1.51. The normalized spacial score (nSPS) is 18.7. The summed E-state index contributed by atoms with van der Waals surface area (Å²) >= 11 is 0. The Morgan fingerprint density at radius 3 is 2.95 bits per heavy atom. The lowest BCUT2D eigenvalue weighted by Gasteiger charge is -2.18. The number of benzene rings is 1. The van der Waals surface area contributed by atoms with Gasteiger partial charge < -0.3 is 10.1 Å². The van der Waals surface area contributed by atoms with Gasteiger partial charge in [0.25, 0.3) is 0 Å². The lowest BCUT2D eigenvalue weighted by atomic mass is 10.0. The van der Waals surface area contributed by atoms with E-state index in [-0.39, 0.29) is 5.91 Å². The maximum absolute atomic E-state index is 12.0. The smallest absolute Gasteiger partial charge is 0.224 e. The van der Waals surface area contributed by atoms with Gasteiger partial charge in [0.15, 0.2) is 0 Å². The molecule has 0 saturated heterocycles. The molecule has 1 aliphatic carbocycles. The van der Waals surface area contributed by atoms with Crippen LogP contribution >= 0.6 is 0 Å². The summed E-state index contributed by atoms with van der Waals surface area (Å²) in [6, 6.07) is 6.56. The summed E-state index contributed by atoms with van der Waals surface area (Å²) in [7, 11) is 0. The fourth-order valence-corrected chi connectivity index (χ4v) is 3.06. The second-order valence-electron chi connectivity index (χ2n) is 5.62. The van der Waals surface area contributed by atoms with E-state index in [2.05, 4.69) is 11.4 Å². The van der Waals surface area contributed by atoms with Crippen molar-refractivity contribution in [2.45, 2.75) is 51.0 Å². The lowest BCUT2D eigenvalue weighted by molar-refractivity contribution is -0.121. The second-order valence-corrected chi connectivity index (χ2v) is 5.62. The molecule has 1 aliphatic heterocycles. The molecule has 0 unspecified atom stereocenters. The molecule has 0 spiro atoms. The van der Waals surface area contributed by atoms with Crippen LogP contribution in [0, 0.1) is 0 Å². The third kappa shape index (κ3) is 3.09. The molecule has 3 nitrogen and oxygen atoms in total. The molecule has 1 heterocycles. The number of ether oxygens (including phenoxy) is 1. The molecule has 0 bridgehead atoms. The molecule has 102 valence electrons. The van der Waals surface area contributed by atoms with Crippen LogP contribution in [0.15, 0.2) is 18.2 Å². The molecule has 1 saturated carbocycles. The fourth-order valence-electron chi connectivity index (χ4n) is 3.06. The van der Waals surface area contributed by atoms with Crippen LogP contribution in [-0.2, 0) is 17.6 Å². The quantitative estimate of drug-likeness (QED) is 0.906. The van der Waals surface area contributed by atoms with E-state index in [0.717, 1.165) is 43.6 Å². The summed E-state index contributed by atoms with van der Waals surface area (Å²) in [6.45, 7) is 0.814. The monoisotopic (exact) mass is 259 g/mol. The zero-order chi connectivity index (χ0) is 13.1. The summed E-state index contributed by atoms with van der Waals surface area (Å²) < 4.78 is 5.59. The molecule has 1 amide bonds. The topological polar surface area (TPSA) is 38.3 Å². The zero-order valence-corrected chi connectivity index (χ0v) is 11.3. The molecule has 3 heteroatoms. The van der Waals surface area contributed by atoms with E-state index in [1.54, 1.807) is 0 Å². The Kier molecular flexibility index (Phi) is 3.72. The van der Waals surface area contributed by atoms with Crippen molar-refractivity contribution in [3.8, 4) is 5.75 Å². The maximum Gasteiger partial charge on any atom is 0.224 e. The Morgan fingerprint density at radius 2 is 2.11 bits per heavy atom. The third-order valence-electron chi connectivity index (χ3n) is 4.06. The van der Waals surface area contributed by atoms with E-state index in [1.165, 1.54) is 18.4 Å². The largest absolute Gasteiger partial charge is 0.493 e. The van der Waals surface area contributed by atoms with Gasteiger partial charge in [0.05, 0.1) is 13.0 Å². The molecule has 19 heavy (non-hydrogen) atoms. The number of fused-ring (bicyclic) bond motifs is 1. The molecule has 1 aromatic rings. The highest BCUT2D eigenvalue weighted by atomic mass is 16.5. The highest BCUT2D eigenvalue weighted by molar-refractivity contribution is 5.79. The van der Waals surface area contributed by atoms with E-state index in [1.807, 2.05) is 12.1 Å². The zero-order valence-electron chi connectivity index (χ0n) is 11.3. The van der Waals surface area contributed by atoms with Crippen LogP contribution in [0.2, 0.25) is 0 Å².